The molecule has 1 aromatic rings. The van der Waals surface area contributed by atoms with Gasteiger partial charge in [-0.2, -0.15) is 26.3 Å². The van der Waals surface area contributed by atoms with Crippen molar-refractivity contribution in [1.29, 1.82) is 0 Å². The van der Waals surface area contributed by atoms with Gasteiger partial charge in [-0.25, -0.2) is 4.99 Å². The van der Waals surface area contributed by atoms with E-state index in [2.05, 4.69) is 20.0 Å². The second-order valence-corrected chi connectivity index (χ2v) is 5.33. The van der Waals surface area contributed by atoms with Crippen LogP contribution in [0.15, 0.2) is 28.3 Å². The fourth-order valence-corrected chi connectivity index (χ4v) is 2.54. The van der Waals surface area contributed by atoms with Crippen LogP contribution in [0, 0.1) is 5.92 Å². The summed E-state index contributed by atoms with van der Waals surface area (Å²) < 4.78 is 78.2. The van der Waals surface area contributed by atoms with Crippen LogP contribution in [0.1, 0.15) is 6.92 Å². The third-order valence-electron chi connectivity index (χ3n) is 2.82. The fraction of sp³-hybridized carbons (Fsp3) is 0.455. The Morgan fingerprint density at radius 1 is 1.18 bits per heavy atom. The van der Waals surface area contributed by atoms with Gasteiger partial charge in [0, 0.05) is 12.4 Å². The molecule has 0 aromatic carbocycles. The lowest BCUT2D eigenvalue weighted by Gasteiger charge is -2.27. The Morgan fingerprint density at radius 2 is 1.82 bits per heavy atom. The normalized spacial score (nSPS) is 18.6. The standard InChI is InChI=1S/C11H10F6N4S/c1-5(8(10(12,13)14)11(15,16)17)19-9-20-6-2-3-18-4-7(6)22-21-9/h2-5,8H,1H3,(H2,19,20,21). The van der Waals surface area contributed by atoms with E-state index in [1.54, 1.807) is 0 Å². The van der Waals surface area contributed by atoms with Gasteiger partial charge in [0.2, 0.25) is 5.96 Å². The number of pyridine rings is 1. The summed E-state index contributed by atoms with van der Waals surface area (Å²) in [5.41, 5.74) is 0.500. The molecule has 2 N–H and O–H groups in total. The highest BCUT2D eigenvalue weighted by Gasteiger charge is 2.59. The van der Waals surface area contributed by atoms with E-state index in [9.17, 15) is 26.3 Å². The molecule has 2 rings (SSSR count). The first-order chi connectivity index (χ1) is 10.1. The van der Waals surface area contributed by atoms with Crippen LogP contribution in [-0.2, 0) is 0 Å². The Hall–Kier alpha value is -1.65. The molecule has 0 amide bonds. The average Bonchev–Trinajstić information content (AvgIpc) is 2.34. The van der Waals surface area contributed by atoms with E-state index >= 15 is 0 Å². The van der Waals surface area contributed by atoms with Crippen molar-refractivity contribution in [3.8, 4) is 0 Å². The number of hydrogen-bond acceptors (Lipinski definition) is 3. The van der Waals surface area contributed by atoms with Gasteiger partial charge in [-0.05, 0) is 24.9 Å². The van der Waals surface area contributed by atoms with Crippen LogP contribution in [0.3, 0.4) is 0 Å². The largest absolute Gasteiger partial charge is 0.402 e. The number of aliphatic imine (C=N–C) groups is 1. The van der Waals surface area contributed by atoms with Crippen LogP contribution in [0.5, 0.6) is 0 Å². The second-order valence-electron chi connectivity index (χ2n) is 4.48. The minimum atomic E-state index is -5.43. The van der Waals surface area contributed by atoms with E-state index in [1.165, 1.54) is 18.5 Å². The molecule has 2 heterocycles. The lowest BCUT2D eigenvalue weighted by atomic mass is 10.0. The number of aromatic nitrogens is 1. The van der Waals surface area contributed by atoms with Crippen molar-refractivity contribution in [3.63, 3.8) is 0 Å². The molecule has 1 aliphatic rings. The first-order valence-corrected chi connectivity index (χ1v) is 6.76. The van der Waals surface area contributed by atoms with Crippen LogP contribution < -0.4 is 10.0 Å². The van der Waals surface area contributed by atoms with Crippen molar-refractivity contribution >= 4 is 23.6 Å². The molecule has 1 unspecified atom stereocenters. The molecule has 0 saturated heterocycles. The van der Waals surface area contributed by atoms with E-state index in [1.807, 2.05) is 0 Å². The van der Waals surface area contributed by atoms with E-state index in [0.29, 0.717) is 10.6 Å². The Morgan fingerprint density at radius 3 is 2.41 bits per heavy atom. The number of nitrogens with zero attached hydrogens (tertiary/aromatic N) is 2. The van der Waals surface area contributed by atoms with Crippen molar-refractivity contribution < 1.29 is 26.3 Å². The molecule has 4 nitrogen and oxygen atoms in total. The third-order valence-corrected chi connectivity index (χ3v) is 3.66. The summed E-state index contributed by atoms with van der Waals surface area (Å²) in [5.74, 6) is -3.70. The Labute approximate surface area is 125 Å². The van der Waals surface area contributed by atoms with Crippen molar-refractivity contribution in [2.24, 2.45) is 10.9 Å². The highest BCUT2D eigenvalue weighted by molar-refractivity contribution is 7.98. The molecular weight excluding hydrogens is 334 g/mol. The Kier molecular flexibility index (Phi) is 4.45. The smallest absolute Gasteiger partial charge is 0.324 e. The first kappa shape index (κ1) is 16.7. The van der Waals surface area contributed by atoms with Gasteiger partial charge < -0.3 is 5.32 Å². The average molecular weight is 344 g/mol. The second kappa shape index (κ2) is 5.86. The maximum absolute atomic E-state index is 12.6. The fourth-order valence-electron chi connectivity index (χ4n) is 1.89. The molecule has 0 spiro atoms. The summed E-state index contributed by atoms with van der Waals surface area (Å²) in [6.45, 7) is 0.773. The molecule has 1 atom stereocenters. The third kappa shape index (κ3) is 3.76. The summed E-state index contributed by atoms with van der Waals surface area (Å²) in [4.78, 5) is 7.97. The molecule has 0 radical (unpaired) electrons. The van der Waals surface area contributed by atoms with Crippen LogP contribution in [0.25, 0.3) is 0 Å². The maximum Gasteiger partial charge on any atom is 0.402 e. The predicted molar refractivity (Wildman–Crippen MR) is 69.3 cm³/mol. The number of guanidine groups is 1. The zero-order valence-corrected chi connectivity index (χ0v) is 11.8. The van der Waals surface area contributed by atoms with Crippen molar-refractivity contribution in [1.82, 2.24) is 9.71 Å². The topological polar surface area (TPSA) is 49.3 Å². The number of halogens is 6. The van der Waals surface area contributed by atoms with Gasteiger partial charge in [0.05, 0.1) is 16.6 Å². The van der Waals surface area contributed by atoms with E-state index in [0.717, 1.165) is 18.9 Å². The lowest BCUT2D eigenvalue weighted by molar-refractivity contribution is -0.287. The van der Waals surface area contributed by atoms with E-state index in [-0.39, 0.29) is 5.96 Å². The highest BCUT2D eigenvalue weighted by atomic mass is 32.2. The van der Waals surface area contributed by atoms with Gasteiger partial charge in [0.1, 0.15) is 0 Å². The minimum absolute atomic E-state index is 0.172. The number of anilines is 1. The van der Waals surface area contributed by atoms with Crippen molar-refractivity contribution in [2.45, 2.75) is 30.2 Å². The van der Waals surface area contributed by atoms with Gasteiger partial charge in [0.15, 0.2) is 5.92 Å². The number of rotatable bonds is 2. The van der Waals surface area contributed by atoms with Crippen LogP contribution in [0.4, 0.5) is 32.0 Å². The van der Waals surface area contributed by atoms with Gasteiger partial charge in [-0.1, -0.05) is 0 Å². The molecule has 0 fully saturated rings. The number of fused-ring (bicyclic) bond motifs is 1. The molecule has 0 saturated carbocycles. The predicted octanol–water partition coefficient (Wildman–Crippen LogP) is 3.59. The van der Waals surface area contributed by atoms with Crippen LogP contribution in [-0.4, -0.2) is 29.3 Å². The SMILES string of the molecule is CC(N=C1NSc2cnccc2N1)C(C(F)(F)F)C(F)(F)F. The summed E-state index contributed by atoms with van der Waals surface area (Å²) in [6, 6.07) is -0.493. The molecular formula is C11H10F6N4S. The zero-order valence-electron chi connectivity index (χ0n) is 11.0. The summed E-state index contributed by atoms with van der Waals surface area (Å²) in [5, 5.41) is 2.63. The van der Waals surface area contributed by atoms with Gasteiger partial charge >= 0.3 is 12.4 Å². The summed E-state index contributed by atoms with van der Waals surface area (Å²) in [6.07, 6.45) is -7.92. The molecule has 1 aromatic heterocycles. The van der Waals surface area contributed by atoms with Gasteiger partial charge in [-0.3, -0.25) is 9.71 Å². The zero-order chi connectivity index (χ0) is 16.5. The maximum atomic E-state index is 12.6. The number of alkyl halides is 6. The molecule has 11 heteroatoms. The van der Waals surface area contributed by atoms with Crippen molar-refractivity contribution in [2.75, 3.05) is 5.32 Å². The van der Waals surface area contributed by atoms with E-state index < -0.39 is 24.3 Å². The number of hydrogen-bond donors (Lipinski definition) is 2. The Balaban J connectivity index is 2.22. The quantitative estimate of drug-likeness (QED) is 0.636. The summed E-state index contributed by atoms with van der Waals surface area (Å²) in [7, 11) is 0. The summed E-state index contributed by atoms with van der Waals surface area (Å²) >= 11 is 0.997. The molecule has 122 valence electrons. The molecule has 22 heavy (non-hydrogen) atoms. The van der Waals surface area contributed by atoms with Crippen LogP contribution in [0.2, 0.25) is 0 Å². The van der Waals surface area contributed by atoms with Gasteiger partial charge in [0.25, 0.3) is 0 Å². The number of nitrogens with one attached hydrogen (secondary N) is 2. The lowest BCUT2D eigenvalue weighted by Crippen LogP contribution is -2.44. The first-order valence-electron chi connectivity index (χ1n) is 5.94. The minimum Gasteiger partial charge on any atom is -0.324 e. The van der Waals surface area contributed by atoms with Crippen molar-refractivity contribution in [3.05, 3.63) is 18.5 Å². The molecule has 1 aliphatic heterocycles. The molecule has 0 aliphatic carbocycles. The van der Waals surface area contributed by atoms with Gasteiger partial charge in [-0.15, -0.1) is 0 Å². The Bertz CT molecular complexity index is 556. The molecule has 0 bridgehead atoms. The highest BCUT2D eigenvalue weighted by Crippen LogP contribution is 2.42. The monoisotopic (exact) mass is 344 g/mol. The van der Waals surface area contributed by atoms with Crippen LogP contribution >= 0.6 is 11.9 Å². The van der Waals surface area contributed by atoms with E-state index in [4.69, 9.17) is 0 Å².